The first-order chi connectivity index (χ1) is 6.93. The van der Waals surface area contributed by atoms with E-state index >= 15 is 0 Å². The van der Waals surface area contributed by atoms with Crippen molar-refractivity contribution in [3.05, 3.63) is 30.1 Å². The smallest absolute Gasteiger partial charge is 0.304 e. The van der Waals surface area contributed by atoms with Crippen molar-refractivity contribution in [1.82, 2.24) is 4.98 Å². The number of nitrogens with zero attached hydrogens (tertiary/aromatic N) is 1. The number of carboxylic acid groups (broad SMARTS) is 1. The van der Waals surface area contributed by atoms with Crippen LogP contribution in [0.4, 0.5) is 0 Å². The summed E-state index contributed by atoms with van der Waals surface area (Å²) in [7, 11) is 0. The molecule has 0 aromatic carbocycles. The molecular formula is C11H13NO3. The lowest BCUT2D eigenvalue weighted by molar-refractivity contribution is -0.138. The van der Waals surface area contributed by atoms with Gasteiger partial charge in [-0.2, -0.15) is 0 Å². The van der Waals surface area contributed by atoms with Crippen molar-refractivity contribution < 1.29 is 14.7 Å². The first-order valence-electron chi connectivity index (χ1n) is 4.60. The third-order valence-corrected chi connectivity index (χ3v) is 2.15. The van der Waals surface area contributed by atoms with Crippen LogP contribution in [0.2, 0.25) is 0 Å². The first-order valence-corrected chi connectivity index (χ1v) is 4.60. The second-order valence-corrected chi connectivity index (χ2v) is 4.02. The molecule has 0 radical (unpaired) electrons. The Morgan fingerprint density at radius 2 is 1.87 bits per heavy atom. The number of aliphatic carboxylic acids is 1. The Bertz CT molecular complexity index is 371. The van der Waals surface area contributed by atoms with Crippen LogP contribution in [0, 0.1) is 5.41 Å². The van der Waals surface area contributed by atoms with Crippen LogP contribution in [0.1, 0.15) is 30.6 Å². The summed E-state index contributed by atoms with van der Waals surface area (Å²) < 4.78 is 0. The highest BCUT2D eigenvalue weighted by Crippen LogP contribution is 2.25. The van der Waals surface area contributed by atoms with Gasteiger partial charge in [0.05, 0.1) is 6.42 Å². The van der Waals surface area contributed by atoms with E-state index in [9.17, 15) is 9.59 Å². The van der Waals surface area contributed by atoms with E-state index in [0.29, 0.717) is 5.56 Å². The summed E-state index contributed by atoms with van der Waals surface area (Å²) >= 11 is 0. The van der Waals surface area contributed by atoms with E-state index in [2.05, 4.69) is 4.98 Å². The minimum atomic E-state index is -0.970. The van der Waals surface area contributed by atoms with Crippen LogP contribution in [0.15, 0.2) is 24.5 Å². The predicted molar refractivity (Wildman–Crippen MR) is 54.6 cm³/mol. The summed E-state index contributed by atoms with van der Waals surface area (Å²) in [5.74, 6) is -1.14. The van der Waals surface area contributed by atoms with Gasteiger partial charge in [-0.25, -0.2) is 0 Å². The molecule has 1 aromatic heterocycles. The second kappa shape index (κ2) is 4.21. The number of ketones is 1. The van der Waals surface area contributed by atoms with E-state index in [1.165, 1.54) is 12.4 Å². The summed E-state index contributed by atoms with van der Waals surface area (Å²) in [6.07, 6.45) is 2.86. The van der Waals surface area contributed by atoms with Gasteiger partial charge in [0.15, 0.2) is 5.78 Å². The molecule has 0 aliphatic heterocycles. The fraction of sp³-hybridized carbons (Fsp3) is 0.364. The summed E-state index contributed by atoms with van der Waals surface area (Å²) in [4.78, 5) is 26.3. The average Bonchev–Trinajstić information content (AvgIpc) is 2.16. The Labute approximate surface area is 88.0 Å². The minimum absolute atomic E-state index is 0.172. The Morgan fingerprint density at radius 1 is 1.33 bits per heavy atom. The number of hydrogen-bond donors (Lipinski definition) is 1. The van der Waals surface area contributed by atoms with Gasteiger partial charge in [0.25, 0.3) is 0 Å². The molecule has 0 unspecified atom stereocenters. The maximum absolute atomic E-state index is 11.9. The van der Waals surface area contributed by atoms with Crippen molar-refractivity contribution >= 4 is 11.8 Å². The van der Waals surface area contributed by atoms with Crippen LogP contribution < -0.4 is 0 Å². The molecule has 1 aromatic rings. The van der Waals surface area contributed by atoms with Gasteiger partial charge < -0.3 is 5.11 Å². The zero-order valence-electron chi connectivity index (χ0n) is 8.73. The van der Waals surface area contributed by atoms with Gasteiger partial charge in [-0.1, -0.05) is 13.8 Å². The quantitative estimate of drug-likeness (QED) is 0.764. The number of aromatic nitrogens is 1. The molecule has 0 spiro atoms. The van der Waals surface area contributed by atoms with Gasteiger partial charge in [0.2, 0.25) is 0 Å². The van der Waals surface area contributed by atoms with E-state index in [1.54, 1.807) is 26.0 Å². The van der Waals surface area contributed by atoms with Crippen molar-refractivity contribution in [2.45, 2.75) is 20.3 Å². The van der Waals surface area contributed by atoms with Gasteiger partial charge in [-0.05, 0) is 12.1 Å². The topological polar surface area (TPSA) is 67.3 Å². The lowest BCUT2D eigenvalue weighted by Gasteiger charge is -2.20. The van der Waals surface area contributed by atoms with Gasteiger partial charge in [-0.3, -0.25) is 14.6 Å². The highest BCUT2D eigenvalue weighted by atomic mass is 16.4. The molecule has 1 heterocycles. The molecule has 0 saturated heterocycles. The van der Waals surface area contributed by atoms with Crippen LogP contribution in [0.3, 0.4) is 0 Å². The summed E-state index contributed by atoms with van der Waals surface area (Å²) in [5, 5.41) is 8.68. The number of pyridine rings is 1. The summed E-state index contributed by atoms with van der Waals surface area (Å²) in [6.45, 7) is 3.26. The fourth-order valence-electron chi connectivity index (χ4n) is 1.35. The molecule has 80 valence electrons. The van der Waals surface area contributed by atoms with Crippen LogP contribution in [0.5, 0.6) is 0 Å². The van der Waals surface area contributed by atoms with E-state index in [-0.39, 0.29) is 12.2 Å². The molecule has 4 nitrogen and oxygen atoms in total. The molecule has 15 heavy (non-hydrogen) atoms. The highest BCUT2D eigenvalue weighted by molar-refractivity contribution is 6.01. The maximum atomic E-state index is 11.9. The van der Waals surface area contributed by atoms with Crippen LogP contribution in [-0.2, 0) is 4.79 Å². The van der Waals surface area contributed by atoms with Crippen molar-refractivity contribution in [1.29, 1.82) is 0 Å². The predicted octanol–water partition coefficient (Wildman–Crippen LogP) is 1.77. The third kappa shape index (κ3) is 2.87. The van der Waals surface area contributed by atoms with Crippen molar-refractivity contribution in [3.8, 4) is 0 Å². The van der Waals surface area contributed by atoms with Gasteiger partial charge in [0.1, 0.15) is 0 Å². The highest BCUT2D eigenvalue weighted by Gasteiger charge is 2.31. The van der Waals surface area contributed by atoms with Crippen LogP contribution >= 0.6 is 0 Å². The lowest BCUT2D eigenvalue weighted by atomic mass is 9.81. The molecule has 1 N–H and O–H groups in total. The largest absolute Gasteiger partial charge is 0.481 e. The third-order valence-electron chi connectivity index (χ3n) is 2.15. The van der Waals surface area contributed by atoms with E-state index in [4.69, 9.17) is 5.11 Å². The zero-order valence-corrected chi connectivity index (χ0v) is 8.73. The van der Waals surface area contributed by atoms with Gasteiger partial charge in [0, 0.05) is 23.4 Å². The molecule has 0 atom stereocenters. The van der Waals surface area contributed by atoms with E-state index in [1.807, 2.05) is 0 Å². The van der Waals surface area contributed by atoms with Crippen molar-refractivity contribution in [2.24, 2.45) is 5.41 Å². The Kier molecular flexibility index (Phi) is 3.19. The monoisotopic (exact) mass is 207 g/mol. The molecule has 0 amide bonds. The van der Waals surface area contributed by atoms with Crippen LogP contribution in [0.25, 0.3) is 0 Å². The number of carbonyl (C=O) groups is 2. The van der Waals surface area contributed by atoms with Crippen molar-refractivity contribution in [3.63, 3.8) is 0 Å². The number of hydrogen-bond acceptors (Lipinski definition) is 3. The Hall–Kier alpha value is -1.71. The zero-order chi connectivity index (χ0) is 11.5. The number of carboxylic acids is 1. The minimum Gasteiger partial charge on any atom is -0.481 e. The molecule has 1 rings (SSSR count). The fourth-order valence-corrected chi connectivity index (χ4v) is 1.35. The summed E-state index contributed by atoms with van der Waals surface area (Å²) in [5.41, 5.74) is -0.385. The van der Waals surface area contributed by atoms with Crippen LogP contribution in [-0.4, -0.2) is 21.8 Å². The molecule has 4 heteroatoms. The molecular weight excluding hydrogens is 194 g/mol. The second-order valence-electron chi connectivity index (χ2n) is 4.02. The van der Waals surface area contributed by atoms with E-state index < -0.39 is 11.4 Å². The molecule has 0 saturated carbocycles. The molecule has 0 fully saturated rings. The number of rotatable bonds is 4. The molecule has 0 bridgehead atoms. The Balaban J connectivity index is 2.89. The number of Topliss-reactive ketones (excluding diaryl/α,β-unsaturated/α-hetero) is 1. The average molecular weight is 207 g/mol. The van der Waals surface area contributed by atoms with Gasteiger partial charge in [-0.15, -0.1) is 0 Å². The Morgan fingerprint density at radius 3 is 2.33 bits per heavy atom. The SMILES string of the molecule is CC(C)(CC(=O)O)C(=O)c1ccncc1. The summed E-state index contributed by atoms with van der Waals surface area (Å²) in [6, 6.07) is 3.18. The maximum Gasteiger partial charge on any atom is 0.304 e. The number of carbonyl (C=O) groups excluding carboxylic acids is 1. The first kappa shape index (κ1) is 11.4. The normalized spacial score (nSPS) is 11.1. The van der Waals surface area contributed by atoms with E-state index in [0.717, 1.165) is 0 Å². The molecule has 0 aliphatic rings. The van der Waals surface area contributed by atoms with Gasteiger partial charge >= 0.3 is 5.97 Å². The standard InChI is InChI=1S/C11H13NO3/c1-11(2,7-9(13)14)10(15)8-3-5-12-6-4-8/h3-6H,7H2,1-2H3,(H,13,14). The lowest BCUT2D eigenvalue weighted by Crippen LogP contribution is -2.27. The molecule has 0 aliphatic carbocycles. The van der Waals surface area contributed by atoms with Crippen molar-refractivity contribution in [2.75, 3.05) is 0 Å².